The molecule has 3 aromatic rings. The molecule has 5 heterocycles. The van der Waals surface area contributed by atoms with Gasteiger partial charge in [0, 0.05) is 32.4 Å². The Hall–Kier alpha value is -1.96. The van der Waals surface area contributed by atoms with E-state index in [9.17, 15) is 0 Å². The average Bonchev–Trinajstić information content (AvgIpc) is 3.28. The molecule has 198 valence electrons. The molecule has 0 aliphatic carbocycles. The third-order valence-corrected chi connectivity index (χ3v) is 8.12. The van der Waals surface area contributed by atoms with Gasteiger partial charge in [0.15, 0.2) is 0 Å². The Bertz CT molecular complexity index is 1090. The Kier molecular flexibility index (Phi) is 10.8. The number of rotatable bonds is 4. The summed E-state index contributed by atoms with van der Waals surface area (Å²) in [6, 6.07) is 11.3. The number of pyridine rings is 2. The van der Waals surface area contributed by atoms with Crippen LogP contribution in [-0.4, -0.2) is 63.9 Å². The highest BCUT2D eigenvalue weighted by Gasteiger charge is 2.34. The molecular formula is C29H45BrN6. The van der Waals surface area contributed by atoms with Crippen molar-refractivity contribution in [2.45, 2.75) is 72.9 Å². The maximum atomic E-state index is 5.14. The largest absolute Gasteiger partial charge is 0.355 e. The topological polar surface area (TPSA) is 39.9 Å². The number of likely N-dealkylation sites (N-methyl/N-ethyl adjacent to an activating group) is 1. The highest BCUT2D eigenvalue weighted by Crippen LogP contribution is 2.42. The lowest BCUT2D eigenvalue weighted by atomic mass is 9.91. The normalized spacial score (nSPS) is 20.9. The zero-order valence-corrected chi connectivity index (χ0v) is 24.9. The van der Waals surface area contributed by atoms with Crippen molar-refractivity contribution in [2.24, 2.45) is 0 Å². The first-order valence-electron chi connectivity index (χ1n) is 13.9. The van der Waals surface area contributed by atoms with Crippen LogP contribution in [0.5, 0.6) is 0 Å². The van der Waals surface area contributed by atoms with Gasteiger partial charge in [-0.1, -0.05) is 46.8 Å². The molecule has 0 bridgehead atoms. The van der Waals surface area contributed by atoms with Crippen LogP contribution >= 0.6 is 15.9 Å². The van der Waals surface area contributed by atoms with Gasteiger partial charge in [0.05, 0.1) is 23.5 Å². The van der Waals surface area contributed by atoms with E-state index in [0.29, 0.717) is 6.04 Å². The number of fused-ring (bicyclic) bond motifs is 1. The van der Waals surface area contributed by atoms with Crippen LogP contribution in [0, 0.1) is 6.92 Å². The third-order valence-electron chi connectivity index (χ3n) is 7.35. The van der Waals surface area contributed by atoms with Gasteiger partial charge in [0.25, 0.3) is 0 Å². The van der Waals surface area contributed by atoms with E-state index in [1.54, 1.807) is 0 Å². The summed E-state index contributed by atoms with van der Waals surface area (Å²) in [6.45, 7) is 17.9. The number of imidazole rings is 1. The molecule has 5 rings (SSSR count). The lowest BCUT2D eigenvalue weighted by Crippen LogP contribution is -2.46. The van der Waals surface area contributed by atoms with Gasteiger partial charge in [0.1, 0.15) is 16.1 Å². The highest BCUT2D eigenvalue weighted by molar-refractivity contribution is 9.10. The molecule has 3 aromatic heterocycles. The second-order valence-electron chi connectivity index (χ2n) is 9.12. The van der Waals surface area contributed by atoms with Gasteiger partial charge in [-0.25, -0.2) is 4.98 Å². The first-order valence-corrected chi connectivity index (χ1v) is 14.7. The number of nitrogens with zero attached hydrogens (tertiary/aromatic N) is 6. The third kappa shape index (κ3) is 5.79. The fraction of sp³-hybridized carbons (Fsp3) is 0.586. The molecule has 2 fully saturated rings. The number of halogens is 1. The van der Waals surface area contributed by atoms with Crippen molar-refractivity contribution in [3.05, 3.63) is 58.1 Å². The molecule has 0 aromatic carbocycles. The molecule has 2 atom stereocenters. The molecule has 0 spiro atoms. The number of aryl methyl sites for hydroxylation is 1. The summed E-state index contributed by atoms with van der Waals surface area (Å²) in [5, 5.41) is 0. The fourth-order valence-corrected chi connectivity index (χ4v) is 6.16. The van der Waals surface area contributed by atoms with Crippen LogP contribution in [0.15, 0.2) is 41.1 Å². The van der Waals surface area contributed by atoms with E-state index in [1.165, 1.54) is 23.5 Å². The molecule has 7 heteroatoms. The molecule has 0 saturated carbocycles. The highest BCUT2D eigenvalue weighted by atomic mass is 79.9. The van der Waals surface area contributed by atoms with Crippen molar-refractivity contribution in [3.63, 3.8) is 0 Å². The zero-order valence-electron chi connectivity index (χ0n) is 23.3. The summed E-state index contributed by atoms with van der Waals surface area (Å²) in [6.07, 6.45) is 5.36. The van der Waals surface area contributed by atoms with Crippen LogP contribution < -0.4 is 4.90 Å². The zero-order chi connectivity index (χ0) is 26.2. The minimum atomic E-state index is 0.272. The van der Waals surface area contributed by atoms with Gasteiger partial charge in [-0.3, -0.25) is 14.3 Å². The van der Waals surface area contributed by atoms with Gasteiger partial charge < -0.3 is 9.80 Å². The first kappa shape index (κ1) is 28.6. The molecule has 2 saturated heterocycles. The smallest absolute Gasteiger partial charge is 0.139 e. The Morgan fingerprint density at radius 1 is 0.917 bits per heavy atom. The number of piperazine rings is 1. The number of hydrogen-bond donors (Lipinski definition) is 0. The molecule has 0 radical (unpaired) electrons. The molecule has 0 N–H and O–H groups in total. The minimum Gasteiger partial charge on any atom is -0.355 e. The molecule has 2 aliphatic heterocycles. The van der Waals surface area contributed by atoms with Crippen LogP contribution in [0.25, 0.3) is 5.65 Å². The van der Waals surface area contributed by atoms with Crippen LogP contribution in [0.2, 0.25) is 0 Å². The van der Waals surface area contributed by atoms with E-state index in [-0.39, 0.29) is 6.04 Å². The van der Waals surface area contributed by atoms with Gasteiger partial charge in [0.2, 0.25) is 0 Å². The van der Waals surface area contributed by atoms with Crippen molar-refractivity contribution in [1.29, 1.82) is 0 Å². The van der Waals surface area contributed by atoms with Gasteiger partial charge in [-0.2, -0.15) is 0 Å². The van der Waals surface area contributed by atoms with Crippen LogP contribution in [-0.2, 0) is 0 Å². The first-order chi connectivity index (χ1) is 17.6. The average molecular weight is 558 g/mol. The number of hydrogen-bond acceptors (Lipinski definition) is 5. The van der Waals surface area contributed by atoms with E-state index < -0.39 is 0 Å². The second kappa shape index (κ2) is 13.5. The molecule has 0 amide bonds. The van der Waals surface area contributed by atoms with Crippen molar-refractivity contribution >= 4 is 27.4 Å². The van der Waals surface area contributed by atoms with Gasteiger partial charge in [-0.05, 0) is 79.5 Å². The predicted molar refractivity (Wildman–Crippen MR) is 156 cm³/mol. The van der Waals surface area contributed by atoms with Gasteiger partial charge >= 0.3 is 0 Å². The molecule has 6 nitrogen and oxygen atoms in total. The summed E-state index contributed by atoms with van der Waals surface area (Å²) in [5.74, 6) is 1.24. The lowest BCUT2D eigenvalue weighted by molar-refractivity contribution is 0.109. The van der Waals surface area contributed by atoms with Crippen LogP contribution in [0.3, 0.4) is 0 Å². The van der Waals surface area contributed by atoms with E-state index in [1.807, 2.05) is 40.0 Å². The lowest BCUT2D eigenvalue weighted by Gasteiger charge is -2.39. The summed E-state index contributed by atoms with van der Waals surface area (Å²) < 4.78 is 3.40. The SMILES string of the molecule is CC.CC.CCN1CCN(c2cccc3nc(C4CCCC(c5ncccc5C)N4C)c(Br)n23)CC1. The number of likely N-dealkylation sites (tertiary alicyclic amines) is 1. The van der Waals surface area contributed by atoms with Crippen LogP contribution in [0.4, 0.5) is 5.82 Å². The molecule has 36 heavy (non-hydrogen) atoms. The second-order valence-corrected chi connectivity index (χ2v) is 9.87. The predicted octanol–water partition coefficient (Wildman–Crippen LogP) is 6.89. The van der Waals surface area contributed by atoms with Gasteiger partial charge in [-0.15, -0.1) is 0 Å². The summed E-state index contributed by atoms with van der Waals surface area (Å²) >= 11 is 3.97. The Morgan fingerprint density at radius 3 is 2.22 bits per heavy atom. The minimum absolute atomic E-state index is 0.272. The van der Waals surface area contributed by atoms with E-state index >= 15 is 0 Å². The Balaban J connectivity index is 0.000000861. The molecular weight excluding hydrogens is 512 g/mol. The van der Waals surface area contributed by atoms with E-state index in [0.717, 1.165) is 61.5 Å². The number of anilines is 1. The maximum absolute atomic E-state index is 5.14. The standard InChI is InChI=1S/C25H33BrN6.2C2H6/c1-4-30-14-16-31(17-15-30)22-12-6-11-21-28-24(25(26)32(21)22)20-10-5-9-19(29(20)3)23-18(2)8-7-13-27-23;2*1-2/h6-8,11-13,19-20H,4-5,9-10,14-17H2,1-3H3;2*1-2H3. The van der Waals surface area contributed by atoms with Crippen LogP contribution in [0.1, 0.15) is 82.9 Å². The monoisotopic (exact) mass is 556 g/mol. The van der Waals surface area contributed by atoms with E-state index in [2.05, 4.69) is 80.2 Å². The molecule has 2 aliphatic rings. The van der Waals surface area contributed by atoms with Crippen molar-refractivity contribution in [3.8, 4) is 0 Å². The summed E-state index contributed by atoms with van der Waals surface area (Å²) in [7, 11) is 2.24. The van der Waals surface area contributed by atoms with Crippen molar-refractivity contribution < 1.29 is 0 Å². The summed E-state index contributed by atoms with van der Waals surface area (Å²) in [4.78, 5) is 17.4. The number of piperidine rings is 1. The molecule has 2 unspecified atom stereocenters. The van der Waals surface area contributed by atoms with Crippen molar-refractivity contribution in [2.75, 3.05) is 44.7 Å². The van der Waals surface area contributed by atoms with Crippen molar-refractivity contribution in [1.82, 2.24) is 24.2 Å². The fourth-order valence-electron chi connectivity index (χ4n) is 5.45. The van der Waals surface area contributed by atoms with E-state index in [4.69, 9.17) is 9.97 Å². The maximum Gasteiger partial charge on any atom is 0.139 e. The Morgan fingerprint density at radius 2 is 1.58 bits per heavy atom. The number of aromatic nitrogens is 3. The Labute approximate surface area is 226 Å². The summed E-state index contributed by atoms with van der Waals surface area (Å²) in [5.41, 5.74) is 4.64. The quantitative estimate of drug-likeness (QED) is 0.349.